The number of carbonyl (C=O) groups is 3. The molecule has 0 aromatic heterocycles. The first kappa shape index (κ1) is 19.2. The third kappa shape index (κ3) is 4.27. The van der Waals surface area contributed by atoms with E-state index in [1.807, 2.05) is 39.8 Å². The molecule has 1 aliphatic heterocycles. The maximum atomic E-state index is 12.9. The van der Waals surface area contributed by atoms with E-state index in [-0.39, 0.29) is 41.4 Å². The Labute approximate surface area is 149 Å². The van der Waals surface area contributed by atoms with Crippen molar-refractivity contribution in [2.45, 2.75) is 52.5 Å². The molecule has 1 saturated heterocycles. The number of rotatable bonds is 5. The number of piperidine rings is 1. The summed E-state index contributed by atoms with van der Waals surface area (Å²) >= 11 is 0. The number of carbonyl (C=O) groups excluding carboxylic acids is 3. The molecule has 2 rings (SSSR count). The molecule has 0 saturated carbocycles. The first-order valence-corrected chi connectivity index (χ1v) is 8.96. The van der Waals surface area contributed by atoms with E-state index < -0.39 is 0 Å². The van der Waals surface area contributed by atoms with Crippen LogP contribution in [-0.2, 0) is 9.59 Å². The van der Waals surface area contributed by atoms with Crippen LogP contribution in [-0.4, -0.2) is 35.1 Å². The lowest BCUT2D eigenvalue weighted by molar-refractivity contribution is -0.138. The van der Waals surface area contributed by atoms with E-state index in [1.54, 1.807) is 17.0 Å². The number of benzene rings is 1. The molecule has 2 N–H and O–H groups in total. The van der Waals surface area contributed by atoms with Crippen LogP contribution >= 0.6 is 0 Å². The van der Waals surface area contributed by atoms with Crippen molar-refractivity contribution >= 4 is 17.6 Å². The Morgan fingerprint density at radius 3 is 2.20 bits per heavy atom. The predicted octanol–water partition coefficient (Wildman–Crippen LogP) is 2.74. The molecule has 25 heavy (non-hydrogen) atoms. The summed E-state index contributed by atoms with van der Waals surface area (Å²) in [4.78, 5) is 38.2. The summed E-state index contributed by atoms with van der Waals surface area (Å²) in [5.74, 6) is -0.879. The molecular formula is C20H28N2O3. The van der Waals surface area contributed by atoms with Gasteiger partial charge in [0, 0.05) is 24.1 Å². The van der Waals surface area contributed by atoms with Gasteiger partial charge in [-0.05, 0) is 32.3 Å². The van der Waals surface area contributed by atoms with E-state index in [9.17, 15) is 14.4 Å². The molecule has 0 aliphatic carbocycles. The molecule has 3 unspecified atom stereocenters. The lowest BCUT2D eigenvalue weighted by Gasteiger charge is -2.38. The highest BCUT2D eigenvalue weighted by molar-refractivity contribution is 5.97. The van der Waals surface area contributed by atoms with Crippen LogP contribution in [0.15, 0.2) is 24.3 Å². The van der Waals surface area contributed by atoms with Crippen LogP contribution in [0.4, 0.5) is 0 Å². The zero-order chi connectivity index (χ0) is 18.7. The SMILES string of the molecule is CC(C)C(=O)c1ccc(C(C)C(=O)N2CC(C(N)=O)CCC2C)cc1. The van der Waals surface area contributed by atoms with Gasteiger partial charge in [-0.1, -0.05) is 38.1 Å². The third-order valence-corrected chi connectivity index (χ3v) is 5.16. The van der Waals surface area contributed by atoms with Gasteiger partial charge in [-0.2, -0.15) is 0 Å². The number of likely N-dealkylation sites (tertiary alicyclic amines) is 1. The molecule has 5 heteroatoms. The van der Waals surface area contributed by atoms with Gasteiger partial charge in [0.15, 0.2) is 5.78 Å². The average molecular weight is 344 g/mol. The summed E-state index contributed by atoms with van der Waals surface area (Å²) in [6, 6.07) is 7.37. The number of nitrogens with zero attached hydrogens (tertiary/aromatic N) is 1. The Balaban J connectivity index is 2.13. The van der Waals surface area contributed by atoms with Gasteiger partial charge >= 0.3 is 0 Å². The van der Waals surface area contributed by atoms with Crippen molar-refractivity contribution < 1.29 is 14.4 Å². The zero-order valence-electron chi connectivity index (χ0n) is 15.5. The van der Waals surface area contributed by atoms with Gasteiger partial charge < -0.3 is 10.6 Å². The Bertz CT molecular complexity index is 651. The van der Waals surface area contributed by atoms with Crippen LogP contribution in [0, 0.1) is 11.8 Å². The van der Waals surface area contributed by atoms with Crippen molar-refractivity contribution in [3.63, 3.8) is 0 Å². The summed E-state index contributed by atoms with van der Waals surface area (Å²) in [5.41, 5.74) is 6.96. The number of amides is 2. The molecule has 3 atom stereocenters. The minimum atomic E-state index is -0.339. The lowest BCUT2D eigenvalue weighted by Crippen LogP contribution is -2.49. The number of primary amides is 1. The van der Waals surface area contributed by atoms with Crippen LogP contribution in [0.3, 0.4) is 0 Å². The smallest absolute Gasteiger partial charge is 0.230 e. The lowest BCUT2D eigenvalue weighted by atomic mass is 9.90. The van der Waals surface area contributed by atoms with Crippen LogP contribution in [0.25, 0.3) is 0 Å². The fourth-order valence-electron chi connectivity index (χ4n) is 3.31. The zero-order valence-corrected chi connectivity index (χ0v) is 15.5. The number of Topliss-reactive ketones (excluding diaryl/α,β-unsaturated/α-hetero) is 1. The van der Waals surface area contributed by atoms with Crippen molar-refractivity contribution in [2.24, 2.45) is 17.6 Å². The van der Waals surface area contributed by atoms with Gasteiger partial charge in [0.1, 0.15) is 0 Å². The molecule has 1 aromatic rings. The highest BCUT2D eigenvalue weighted by Crippen LogP contribution is 2.27. The number of hydrogen-bond acceptors (Lipinski definition) is 3. The van der Waals surface area contributed by atoms with Crippen molar-refractivity contribution in [3.05, 3.63) is 35.4 Å². The summed E-state index contributed by atoms with van der Waals surface area (Å²) in [5, 5.41) is 0. The highest BCUT2D eigenvalue weighted by atomic mass is 16.2. The van der Waals surface area contributed by atoms with E-state index in [4.69, 9.17) is 5.73 Å². The maximum absolute atomic E-state index is 12.9. The van der Waals surface area contributed by atoms with Crippen molar-refractivity contribution in [1.29, 1.82) is 0 Å². The van der Waals surface area contributed by atoms with E-state index in [1.165, 1.54) is 0 Å². The van der Waals surface area contributed by atoms with E-state index in [0.717, 1.165) is 18.4 Å². The number of hydrogen-bond donors (Lipinski definition) is 1. The van der Waals surface area contributed by atoms with Gasteiger partial charge in [-0.15, -0.1) is 0 Å². The molecular weight excluding hydrogens is 316 g/mol. The monoisotopic (exact) mass is 344 g/mol. The van der Waals surface area contributed by atoms with Crippen LogP contribution in [0.2, 0.25) is 0 Å². The molecule has 0 bridgehead atoms. The normalized spacial score (nSPS) is 21.9. The predicted molar refractivity (Wildman–Crippen MR) is 97.1 cm³/mol. The van der Waals surface area contributed by atoms with Crippen molar-refractivity contribution in [3.8, 4) is 0 Å². The second-order valence-corrected chi connectivity index (χ2v) is 7.38. The molecule has 0 spiro atoms. The molecule has 1 fully saturated rings. The molecule has 5 nitrogen and oxygen atoms in total. The van der Waals surface area contributed by atoms with Crippen LogP contribution in [0.5, 0.6) is 0 Å². The standard InChI is InChI=1S/C20H28N2O3/c1-12(2)18(23)16-9-7-15(8-10-16)14(4)20(25)22-11-17(19(21)24)6-5-13(22)3/h7-10,12-14,17H,5-6,11H2,1-4H3,(H2,21,24). The van der Waals surface area contributed by atoms with E-state index in [2.05, 4.69) is 0 Å². The fourth-order valence-corrected chi connectivity index (χ4v) is 3.31. The Kier molecular flexibility index (Phi) is 5.98. The number of nitrogens with two attached hydrogens (primary N) is 1. The van der Waals surface area contributed by atoms with Gasteiger partial charge in [0.25, 0.3) is 0 Å². The summed E-state index contributed by atoms with van der Waals surface area (Å²) < 4.78 is 0. The van der Waals surface area contributed by atoms with E-state index >= 15 is 0 Å². The van der Waals surface area contributed by atoms with E-state index in [0.29, 0.717) is 12.1 Å². The Morgan fingerprint density at radius 1 is 1.08 bits per heavy atom. The average Bonchev–Trinajstić information content (AvgIpc) is 2.60. The van der Waals surface area contributed by atoms with Gasteiger partial charge in [-0.25, -0.2) is 0 Å². The van der Waals surface area contributed by atoms with Gasteiger partial charge in [0.2, 0.25) is 11.8 Å². The van der Waals surface area contributed by atoms with Gasteiger partial charge in [-0.3, -0.25) is 14.4 Å². The summed E-state index contributed by atoms with van der Waals surface area (Å²) in [6.45, 7) is 8.00. The molecule has 0 radical (unpaired) electrons. The highest BCUT2D eigenvalue weighted by Gasteiger charge is 2.33. The largest absolute Gasteiger partial charge is 0.369 e. The Morgan fingerprint density at radius 2 is 1.68 bits per heavy atom. The maximum Gasteiger partial charge on any atom is 0.230 e. The second-order valence-electron chi connectivity index (χ2n) is 7.38. The van der Waals surface area contributed by atoms with Crippen molar-refractivity contribution in [2.75, 3.05) is 6.54 Å². The Hall–Kier alpha value is -2.17. The van der Waals surface area contributed by atoms with Crippen LogP contribution < -0.4 is 5.73 Å². The molecule has 1 heterocycles. The summed E-state index contributed by atoms with van der Waals surface area (Å²) in [6.07, 6.45) is 1.52. The fraction of sp³-hybridized carbons (Fsp3) is 0.550. The third-order valence-electron chi connectivity index (χ3n) is 5.16. The molecule has 2 amide bonds. The molecule has 1 aliphatic rings. The summed E-state index contributed by atoms with van der Waals surface area (Å²) in [7, 11) is 0. The van der Waals surface area contributed by atoms with Gasteiger partial charge in [0.05, 0.1) is 11.8 Å². The first-order valence-electron chi connectivity index (χ1n) is 8.96. The second kappa shape index (κ2) is 7.81. The first-order chi connectivity index (χ1) is 11.7. The van der Waals surface area contributed by atoms with Crippen LogP contribution in [0.1, 0.15) is 62.4 Å². The number of ketones is 1. The topological polar surface area (TPSA) is 80.5 Å². The minimum absolute atomic E-state index is 0.00128. The minimum Gasteiger partial charge on any atom is -0.369 e. The van der Waals surface area contributed by atoms with Crippen molar-refractivity contribution in [1.82, 2.24) is 4.90 Å². The molecule has 1 aromatic carbocycles. The quantitative estimate of drug-likeness (QED) is 0.834. The molecule has 136 valence electrons.